The van der Waals surface area contributed by atoms with Gasteiger partial charge in [-0.3, -0.25) is 14.4 Å². The third-order valence-electron chi connectivity index (χ3n) is 9.62. The number of fused-ring (bicyclic) bond motifs is 2. The van der Waals surface area contributed by atoms with Gasteiger partial charge in [-0.25, -0.2) is 4.99 Å². The summed E-state index contributed by atoms with van der Waals surface area (Å²) >= 11 is 1.73. The van der Waals surface area contributed by atoms with Gasteiger partial charge in [0.2, 0.25) is 11.8 Å². The summed E-state index contributed by atoms with van der Waals surface area (Å²) in [5, 5.41) is 3.14. The van der Waals surface area contributed by atoms with Gasteiger partial charge in [-0.1, -0.05) is 96.7 Å². The first kappa shape index (κ1) is 31.9. The Balaban J connectivity index is 1.08. The van der Waals surface area contributed by atoms with Crippen molar-refractivity contribution in [2.45, 2.75) is 54.4 Å². The van der Waals surface area contributed by atoms with Gasteiger partial charge in [-0.05, 0) is 56.0 Å². The monoisotopic (exact) mass is 656 g/mol. The average Bonchev–Trinajstić information content (AvgIpc) is 3.98. The number of benzene rings is 4. The molecule has 0 spiro atoms. The van der Waals surface area contributed by atoms with Crippen molar-refractivity contribution in [3.8, 4) is 0 Å². The zero-order valence-electron chi connectivity index (χ0n) is 27.4. The number of piperazine rings is 1. The molecule has 2 fully saturated rings. The normalized spacial score (nSPS) is 16.6. The molecule has 244 valence electrons. The second kappa shape index (κ2) is 13.4. The van der Waals surface area contributed by atoms with Crippen LogP contribution in [0.15, 0.2) is 118 Å². The van der Waals surface area contributed by atoms with Crippen LogP contribution in [0.2, 0.25) is 0 Å². The number of hydrogen-bond acceptors (Lipinski definition) is 6. The van der Waals surface area contributed by atoms with Crippen LogP contribution in [0.4, 0.5) is 5.69 Å². The van der Waals surface area contributed by atoms with E-state index in [4.69, 9.17) is 4.99 Å². The minimum atomic E-state index is -0.908. The summed E-state index contributed by atoms with van der Waals surface area (Å²) in [4.78, 5) is 52.2. The number of amides is 2. The van der Waals surface area contributed by atoms with E-state index in [0.29, 0.717) is 38.2 Å². The fraction of sp³-hybridized carbons (Fsp3) is 0.300. The van der Waals surface area contributed by atoms with E-state index in [1.807, 2.05) is 91.5 Å². The summed E-state index contributed by atoms with van der Waals surface area (Å²) in [7, 11) is 0. The minimum Gasteiger partial charge on any atom is -0.353 e. The second-order valence-corrected chi connectivity index (χ2v) is 14.5. The van der Waals surface area contributed by atoms with Crippen molar-refractivity contribution in [3.05, 3.63) is 125 Å². The molecule has 2 amide bonds. The number of carbonyl (C=O) groups is 3. The number of para-hydroxylation sites is 1. The average molecular weight is 657 g/mol. The number of rotatable bonds is 8. The van der Waals surface area contributed by atoms with Gasteiger partial charge in [0.15, 0.2) is 5.78 Å². The van der Waals surface area contributed by atoms with Crippen molar-refractivity contribution in [1.29, 1.82) is 0 Å². The van der Waals surface area contributed by atoms with E-state index in [1.54, 1.807) is 11.8 Å². The third-order valence-corrected chi connectivity index (χ3v) is 10.8. The summed E-state index contributed by atoms with van der Waals surface area (Å²) in [5.74, 6) is 0.937. The van der Waals surface area contributed by atoms with E-state index in [-0.39, 0.29) is 23.5 Å². The first-order chi connectivity index (χ1) is 23.3. The van der Waals surface area contributed by atoms with Crippen molar-refractivity contribution in [1.82, 2.24) is 15.1 Å². The Bertz CT molecular complexity index is 1860. The first-order valence-corrected chi connectivity index (χ1v) is 17.6. The molecule has 1 N–H and O–H groups in total. The van der Waals surface area contributed by atoms with Crippen LogP contribution < -0.4 is 5.32 Å². The van der Waals surface area contributed by atoms with E-state index < -0.39 is 11.5 Å². The van der Waals surface area contributed by atoms with Crippen molar-refractivity contribution in [3.63, 3.8) is 0 Å². The van der Waals surface area contributed by atoms with Gasteiger partial charge in [0, 0.05) is 59.4 Å². The fourth-order valence-corrected chi connectivity index (χ4v) is 7.44. The van der Waals surface area contributed by atoms with Crippen LogP contribution in [0, 0.1) is 5.92 Å². The van der Waals surface area contributed by atoms with Gasteiger partial charge in [0.25, 0.3) is 0 Å². The Kier molecular flexibility index (Phi) is 8.92. The zero-order valence-corrected chi connectivity index (χ0v) is 28.2. The quantitative estimate of drug-likeness (QED) is 0.214. The maximum Gasteiger partial charge on any atom is 0.245 e. The highest BCUT2D eigenvalue weighted by Crippen LogP contribution is 2.40. The summed E-state index contributed by atoms with van der Waals surface area (Å²) < 4.78 is 0. The number of nitrogens with one attached hydrogen (secondary N) is 1. The van der Waals surface area contributed by atoms with E-state index in [9.17, 15) is 14.4 Å². The molecule has 2 heterocycles. The molecule has 7 rings (SSSR count). The first-order valence-electron chi connectivity index (χ1n) is 16.8. The highest BCUT2D eigenvalue weighted by Gasteiger charge is 2.36. The van der Waals surface area contributed by atoms with Crippen LogP contribution in [0.25, 0.3) is 0 Å². The summed E-state index contributed by atoms with van der Waals surface area (Å²) in [6.07, 6.45) is 2.30. The molecule has 0 aromatic heterocycles. The Hall–Kier alpha value is -4.69. The largest absolute Gasteiger partial charge is 0.353 e. The Labute approximate surface area is 286 Å². The maximum absolute atomic E-state index is 14.2. The summed E-state index contributed by atoms with van der Waals surface area (Å²) in [6, 6.07) is 33.1. The van der Waals surface area contributed by atoms with Crippen LogP contribution >= 0.6 is 11.8 Å². The molecule has 4 aromatic rings. The van der Waals surface area contributed by atoms with Gasteiger partial charge in [-0.2, -0.15) is 0 Å². The predicted octanol–water partition coefficient (Wildman–Crippen LogP) is 6.67. The highest BCUT2D eigenvalue weighted by atomic mass is 32.2. The molecule has 2 aliphatic heterocycles. The molecule has 1 atom stereocenters. The highest BCUT2D eigenvalue weighted by molar-refractivity contribution is 7.99. The predicted molar refractivity (Wildman–Crippen MR) is 190 cm³/mol. The Morgan fingerprint density at radius 1 is 0.812 bits per heavy atom. The van der Waals surface area contributed by atoms with Crippen LogP contribution in [0.5, 0.6) is 0 Å². The van der Waals surface area contributed by atoms with Gasteiger partial charge >= 0.3 is 0 Å². The molecular formula is C40H40N4O3S. The smallest absolute Gasteiger partial charge is 0.245 e. The Morgan fingerprint density at radius 2 is 1.46 bits per heavy atom. The molecule has 48 heavy (non-hydrogen) atoms. The molecule has 1 saturated heterocycles. The lowest BCUT2D eigenvalue weighted by Gasteiger charge is -2.38. The van der Waals surface area contributed by atoms with E-state index in [0.717, 1.165) is 50.8 Å². The number of amidine groups is 1. The van der Waals surface area contributed by atoms with Crippen molar-refractivity contribution >= 4 is 40.9 Å². The lowest BCUT2D eigenvalue weighted by atomic mass is 9.82. The molecule has 1 unspecified atom stereocenters. The van der Waals surface area contributed by atoms with Crippen molar-refractivity contribution in [2.24, 2.45) is 10.9 Å². The molecule has 0 radical (unpaired) electrons. The number of nitrogens with zero attached hydrogens (tertiary/aromatic N) is 3. The molecule has 1 aliphatic carbocycles. The van der Waals surface area contributed by atoms with Crippen LogP contribution in [-0.2, 0) is 21.4 Å². The summed E-state index contributed by atoms with van der Waals surface area (Å²) in [5.41, 5.74) is 3.61. The standard InChI is InChI=1S/C40H40N4O3S/c1-40(2,30-20-18-29(19-21-30)36(45)28-16-17-28)39(47)42-33(26-27-10-4-3-5-11-27)38(46)44-24-22-43(23-25-44)37-31-12-6-8-14-34(31)48-35-15-9-7-13-32(35)41-37/h3-15,18-21,28,33H,16-17,22-26H2,1-2H3,(H,42,47). The molecule has 4 aromatic carbocycles. The lowest BCUT2D eigenvalue weighted by Crippen LogP contribution is -2.58. The SMILES string of the molecule is CC(C)(C(=O)NC(Cc1ccccc1)C(=O)N1CCN(C2=Nc3ccccc3Sc3ccccc32)CC1)c1ccc(C(=O)C2CC2)cc1. The number of carbonyl (C=O) groups excluding carboxylic acids is 3. The van der Waals surface area contributed by atoms with Crippen LogP contribution in [0.1, 0.15) is 53.7 Å². The van der Waals surface area contributed by atoms with E-state index in [1.165, 1.54) is 0 Å². The van der Waals surface area contributed by atoms with E-state index >= 15 is 0 Å². The maximum atomic E-state index is 14.2. The van der Waals surface area contributed by atoms with Gasteiger partial charge < -0.3 is 15.1 Å². The Morgan fingerprint density at radius 3 is 2.17 bits per heavy atom. The lowest BCUT2D eigenvalue weighted by molar-refractivity contribution is -0.138. The molecule has 8 heteroatoms. The molecular weight excluding hydrogens is 617 g/mol. The van der Waals surface area contributed by atoms with Crippen LogP contribution in [0.3, 0.4) is 0 Å². The van der Waals surface area contributed by atoms with Crippen molar-refractivity contribution in [2.75, 3.05) is 26.2 Å². The van der Waals surface area contributed by atoms with Gasteiger partial charge in [-0.15, -0.1) is 0 Å². The van der Waals surface area contributed by atoms with Crippen LogP contribution in [-0.4, -0.2) is 65.5 Å². The number of Topliss-reactive ketones (excluding diaryl/α,β-unsaturated/α-hetero) is 1. The number of ketones is 1. The second-order valence-electron chi connectivity index (χ2n) is 13.4. The number of aliphatic imine (C=N–C) groups is 1. The van der Waals surface area contributed by atoms with Gasteiger partial charge in [0.05, 0.1) is 11.1 Å². The van der Waals surface area contributed by atoms with E-state index in [2.05, 4.69) is 40.5 Å². The third kappa shape index (κ3) is 6.67. The molecule has 7 nitrogen and oxygen atoms in total. The molecule has 3 aliphatic rings. The van der Waals surface area contributed by atoms with Gasteiger partial charge in [0.1, 0.15) is 11.9 Å². The molecule has 1 saturated carbocycles. The zero-order chi connectivity index (χ0) is 33.3. The van der Waals surface area contributed by atoms with Crippen molar-refractivity contribution < 1.29 is 14.4 Å². The minimum absolute atomic E-state index is 0.0860. The summed E-state index contributed by atoms with van der Waals surface area (Å²) in [6.45, 7) is 6.05. The fourth-order valence-electron chi connectivity index (χ4n) is 6.42. The topological polar surface area (TPSA) is 82.1 Å². The number of hydrogen-bond donors (Lipinski definition) is 1. The molecule has 0 bridgehead atoms.